The van der Waals surface area contributed by atoms with Gasteiger partial charge in [-0.15, -0.1) is 0 Å². The lowest BCUT2D eigenvalue weighted by atomic mass is 10.1. The van der Waals surface area contributed by atoms with Crippen LogP contribution >= 0.6 is 11.6 Å². The fraction of sp³-hybridized carbons (Fsp3) is 0.0556. The van der Waals surface area contributed by atoms with Crippen molar-refractivity contribution in [3.05, 3.63) is 77.2 Å². The molecule has 23 heavy (non-hydrogen) atoms. The van der Waals surface area contributed by atoms with Crippen LogP contribution in [-0.2, 0) is 6.61 Å². The highest BCUT2D eigenvalue weighted by molar-refractivity contribution is 6.33. The van der Waals surface area contributed by atoms with Crippen molar-refractivity contribution in [2.75, 3.05) is 5.73 Å². The molecule has 3 aromatic rings. The van der Waals surface area contributed by atoms with Gasteiger partial charge < -0.3 is 10.5 Å². The molecule has 3 nitrogen and oxygen atoms in total. The van der Waals surface area contributed by atoms with E-state index in [2.05, 4.69) is 4.98 Å². The highest BCUT2D eigenvalue weighted by Crippen LogP contribution is 2.31. The summed E-state index contributed by atoms with van der Waals surface area (Å²) in [4.78, 5) is 3.95. The second kappa shape index (κ2) is 6.67. The number of nitrogen functional groups attached to an aromatic ring is 1. The summed E-state index contributed by atoms with van der Waals surface area (Å²) in [5, 5.41) is 0.515. The van der Waals surface area contributed by atoms with Crippen molar-refractivity contribution >= 4 is 17.4 Å². The molecule has 0 fully saturated rings. The molecule has 0 atom stereocenters. The van der Waals surface area contributed by atoms with Crippen LogP contribution in [0.25, 0.3) is 11.1 Å². The first kappa shape index (κ1) is 15.3. The van der Waals surface area contributed by atoms with Crippen molar-refractivity contribution in [1.82, 2.24) is 4.98 Å². The molecule has 1 aromatic heterocycles. The zero-order chi connectivity index (χ0) is 16.2. The number of aromatic nitrogens is 1. The topological polar surface area (TPSA) is 48.1 Å². The molecule has 0 radical (unpaired) electrons. The average Bonchev–Trinajstić information content (AvgIpc) is 2.55. The van der Waals surface area contributed by atoms with Crippen LogP contribution in [0.5, 0.6) is 5.75 Å². The van der Waals surface area contributed by atoms with E-state index in [1.54, 1.807) is 12.1 Å². The zero-order valence-corrected chi connectivity index (χ0v) is 12.9. The molecular formula is C18H14ClFN2O. The molecular weight excluding hydrogens is 315 g/mol. The predicted octanol–water partition coefficient (Wildman–Crippen LogP) is 4.70. The molecule has 3 rings (SSSR count). The monoisotopic (exact) mass is 328 g/mol. The Morgan fingerprint density at radius 1 is 1.09 bits per heavy atom. The predicted molar refractivity (Wildman–Crippen MR) is 89.8 cm³/mol. The van der Waals surface area contributed by atoms with Crippen LogP contribution in [0.4, 0.5) is 10.2 Å². The van der Waals surface area contributed by atoms with Gasteiger partial charge in [-0.1, -0.05) is 35.9 Å². The normalized spacial score (nSPS) is 10.5. The summed E-state index contributed by atoms with van der Waals surface area (Å²) < 4.78 is 18.9. The molecule has 0 aliphatic heterocycles. The van der Waals surface area contributed by atoms with Crippen molar-refractivity contribution in [3.63, 3.8) is 0 Å². The number of rotatable bonds is 4. The molecule has 2 aromatic carbocycles. The number of hydrogen-bond acceptors (Lipinski definition) is 3. The van der Waals surface area contributed by atoms with Crippen molar-refractivity contribution < 1.29 is 9.13 Å². The molecule has 0 unspecified atom stereocenters. The standard InChI is InChI=1S/C18H14ClFN2O/c19-17-10-22-18(21)9-16(17)13-4-2-6-15(8-13)23-11-12-3-1-5-14(20)7-12/h1-10H,11H2,(H2,21,22). The molecule has 0 spiro atoms. The highest BCUT2D eigenvalue weighted by atomic mass is 35.5. The van der Waals surface area contributed by atoms with E-state index in [0.29, 0.717) is 16.6 Å². The van der Waals surface area contributed by atoms with E-state index in [-0.39, 0.29) is 12.4 Å². The maximum absolute atomic E-state index is 13.2. The minimum atomic E-state index is -0.279. The Labute approximate surface area is 138 Å². The molecule has 0 saturated carbocycles. The number of pyridine rings is 1. The smallest absolute Gasteiger partial charge is 0.124 e. The molecule has 116 valence electrons. The third kappa shape index (κ3) is 3.79. The maximum atomic E-state index is 13.2. The van der Waals surface area contributed by atoms with E-state index >= 15 is 0 Å². The fourth-order valence-electron chi connectivity index (χ4n) is 2.22. The largest absolute Gasteiger partial charge is 0.489 e. The van der Waals surface area contributed by atoms with Gasteiger partial charge in [0.1, 0.15) is 24.0 Å². The molecule has 0 aliphatic carbocycles. The molecule has 0 bridgehead atoms. The molecule has 0 amide bonds. The molecule has 1 heterocycles. The number of ether oxygens (including phenoxy) is 1. The molecule has 5 heteroatoms. The van der Waals surface area contributed by atoms with Crippen LogP contribution < -0.4 is 10.5 Å². The summed E-state index contributed by atoms with van der Waals surface area (Å²) in [6, 6.07) is 15.5. The van der Waals surface area contributed by atoms with Gasteiger partial charge in [-0.2, -0.15) is 0 Å². The first-order chi connectivity index (χ1) is 11.1. The van der Waals surface area contributed by atoms with E-state index < -0.39 is 0 Å². The Bertz CT molecular complexity index is 839. The molecule has 0 saturated heterocycles. The fourth-order valence-corrected chi connectivity index (χ4v) is 2.44. The Morgan fingerprint density at radius 2 is 1.91 bits per heavy atom. The number of benzene rings is 2. The van der Waals surface area contributed by atoms with Gasteiger partial charge in [0.2, 0.25) is 0 Å². The van der Waals surface area contributed by atoms with Crippen LogP contribution in [0.3, 0.4) is 0 Å². The van der Waals surface area contributed by atoms with Crippen molar-refractivity contribution in [2.45, 2.75) is 6.61 Å². The Hall–Kier alpha value is -2.59. The SMILES string of the molecule is Nc1cc(-c2cccc(OCc3cccc(F)c3)c2)c(Cl)cn1. The lowest BCUT2D eigenvalue weighted by molar-refractivity contribution is 0.305. The Morgan fingerprint density at radius 3 is 2.74 bits per heavy atom. The van der Waals surface area contributed by atoms with Gasteiger partial charge in [0.05, 0.1) is 5.02 Å². The van der Waals surface area contributed by atoms with Crippen molar-refractivity contribution in [2.24, 2.45) is 0 Å². The lowest BCUT2D eigenvalue weighted by Crippen LogP contribution is -1.96. The van der Waals surface area contributed by atoms with Crippen LogP contribution in [-0.4, -0.2) is 4.98 Å². The second-order valence-electron chi connectivity index (χ2n) is 5.04. The van der Waals surface area contributed by atoms with E-state index in [0.717, 1.165) is 16.7 Å². The number of nitrogens with zero attached hydrogens (tertiary/aromatic N) is 1. The van der Waals surface area contributed by atoms with E-state index in [1.165, 1.54) is 18.3 Å². The van der Waals surface area contributed by atoms with Gasteiger partial charge in [-0.3, -0.25) is 0 Å². The lowest BCUT2D eigenvalue weighted by Gasteiger charge is -2.10. The van der Waals surface area contributed by atoms with Gasteiger partial charge in [0.25, 0.3) is 0 Å². The number of nitrogens with two attached hydrogens (primary N) is 1. The minimum Gasteiger partial charge on any atom is -0.489 e. The van der Waals surface area contributed by atoms with Crippen molar-refractivity contribution in [1.29, 1.82) is 0 Å². The Kier molecular flexibility index (Phi) is 4.44. The third-order valence-electron chi connectivity index (χ3n) is 3.32. The summed E-state index contributed by atoms with van der Waals surface area (Å²) in [6.07, 6.45) is 1.52. The summed E-state index contributed by atoms with van der Waals surface area (Å²) in [6.45, 7) is 0.285. The van der Waals surface area contributed by atoms with Gasteiger partial charge in [0, 0.05) is 11.8 Å². The van der Waals surface area contributed by atoms with Crippen molar-refractivity contribution in [3.8, 4) is 16.9 Å². The number of hydrogen-bond donors (Lipinski definition) is 1. The minimum absolute atomic E-state index is 0.279. The van der Waals surface area contributed by atoms with Gasteiger partial charge in [-0.05, 0) is 41.5 Å². The Balaban J connectivity index is 1.81. The first-order valence-corrected chi connectivity index (χ1v) is 7.38. The first-order valence-electron chi connectivity index (χ1n) is 7.00. The van der Waals surface area contributed by atoms with Crippen LogP contribution in [0.2, 0.25) is 5.02 Å². The molecule has 0 aliphatic rings. The van der Waals surface area contributed by atoms with Gasteiger partial charge in [-0.25, -0.2) is 9.37 Å². The van der Waals surface area contributed by atoms with Gasteiger partial charge in [0.15, 0.2) is 0 Å². The third-order valence-corrected chi connectivity index (χ3v) is 3.62. The number of anilines is 1. The highest BCUT2D eigenvalue weighted by Gasteiger charge is 2.06. The summed E-state index contributed by atoms with van der Waals surface area (Å²) >= 11 is 6.17. The second-order valence-corrected chi connectivity index (χ2v) is 5.44. The van der Waals surface area contributed by atoms with E-state index in [1.807, 2.05) is 30.3 Å². The van der Waals surface area contributed by atoms with Gasteiger partial charge >= 0.3 is 0 Å². The summed E-state index contributed by atoms with van der Waals surface area (Å²) in [5.74, 6) is 0.785. The molecule has 2 N–H and O–H groups in total. The van der Waals surface area contributed by atoms with Crippen LogP contribution in [0.15, 0.2) is 60.8 Å². The summed E-state index contributed by atoms with van der Waals surface area (Å²) in [7, 11) is 0. The van der Waals surface area contributed by atoms with E-state index in [9.17, 15) is 4.39 Å². The maximum Gasteiger partial charge on any atom is 0.124 e. The average molecular weight is 329 g/mol. The van der Waals surface area contributed by atoms with Crippen LogP contribution in [0.1, 0.15) is 5.56 Å². The van der Waals surface area contributed by atoms with Crippen LogP contribution in [0, 0.1) is 5.82 Å². The zero-order valence-electron chi connectivity index (χ0n) is 12.2. The quantitative estimate of drug-likeness (QED) is 0.755. The summed E-state index contributed by atoms with van der Waals surface area (Å²) in [5.41, 5.74) is 8.14. The number of halogens is 2. The van der Waals surface area contributed by atoms with E-state index in [4.69, 9.17) is 22.1 Å².